The van der Waals surface area contributed by atoms with Crippen LogP contribution in [0.15, 0.2) is 82.8 Å². The van der Waals surface area contributed by atoms with Crippen molar-refractivity contribution in [2.24, 2.45) is 0 Å². The molecule has 6 rings (SSSR count). The van der Waals surface area contributed by atoms with Crippen LogP contribution in [0.5, 0.6) is 11.5 Å². The number of nitrogens with one attached hydrogen (secondary N) is 1. The minimum Gasteiger partial charge on any atom is -0.490 e. The first-order valence-corrected chi connectivity index (χ1v) is 18.7. The van der Waals surface area contributed by atoms with Gasteiger partial charge in [-0.1, -0.05) is 87.1 Å². The number of alkyl halides is 3. The van der Waals surface area contributed by atoms with Crippen molar-refractivity contribution in [1.82, 2.24) is 15.1 Å². The molecule has 0 spiro atoms. The number of ether oxygens (including phenoxy) is 3. The molecular weight excluding hydrogens is 800 g/mol. The molecule has 274 valence electrons. The molecule has 2 atom stereocenters. The highest BCUT2D eigenvalue weighted by molar-refractivity contribution is 9.10. The molecule has 1 saturated carbocycles. The number of nitrogens with zero attached hydrogens (tertiary/aromatic N) is 2. The summed E-state index contributed by atoms with van der Waals surface area (Å²) in [6.45, 7) is 7.35. The molecule has 2 bridgehead atoms. The van der Waals surface area contributed by atoms with Crippen LogP contribution in [-0.4, -0.2) is 75.6 Å². The predicted molar refractivity (Wildman–Crippen MR) is 208 cm³/mol. The van der Waals surface area contributed by atoms with Crippen LogP contribution in [0.1, 0.15) is 49.8 Å². The van der Waals surface area contributed by atoms with E-state index in [4.69, 9.17) is 49.0 Å². The molecule has 13 heteroatoms. The zero-order chi connectivity index (χ0) is 35.6. The second-order valence-corrected chi connectivity index (χ2v) is 16.7. The Hall–Kier alpha value is -2.66. The van der Waals surface area contributed by atoms with Crippen LogP contribution in [0.3, 0.4) is 0 Å². The summed E-state index contributed by atoms with van der Waals surface area (Å²) in [7, 11) is 0. The fourth-order valence-corrected chi connectivity index (χ4v) is 6.81. The molecule has 0 radical (unpaired) electrons. The Labute approximate surface area is 329 Å². The number of fused-ring (bicyclic) bond motifs is 2. The third-order valence-corrected chi connectivity index (χ3v) is 11.4. The molecule has 0 aromatic heterocycles. The summed E-state index contributed by atoms with van der Waals surface area (Å²) in [6, 6.07) is 22.8. The third-order valence-electron chi connectivity index (χ3n) is 9.50. The third kappa shape index (κ3) is 9.29. The Morgan fingerprint density at radius 1 is 0.922 bits per heavy atom. The van der Waals surface area contributed by atoms with Gasteiger partial charge in [0.25, 0.3) is 5.91 Å². The number of hydrogen-bond donors (Lipinski definition) is 1. The number of hydrogen-bond acceptors (Lipinski definition) is 6. The van der Waals surface area contributed by atoms with E-state index in [0.29, 0.717) is 50.6 Å². The van der Waals surface area contributed by atoms with Gasteiger partial charge < -0.3 is 24.4 Å². The summed E-state index contributed by atoms with van der Waals surface area (Å²) in [5.74, 6) is 1.38. The molecular formula is C38H42BrCl4N3O5. The van der Waals surface area contributed by atoms with Crippen molar-refractivity contribution in [3.63, 3.8) is 0 Å². The topological polar surface area (TPSA) is 80.3 Å². The van der Waals surface area contributed by atoms with E-state index in [1.807, 2.05) is 65.6 Å². The Bertz CT molecular complexity index is 1730. The minimum atomic E-state index is -1.85. The van der Waals surface area contributed by atoms with Crippen LogP contribution >= 0.6 is 63.1 Å². The van der Waals surface area contributed by atoms with E-state index in [9.17, 15) is 9.59 Å². The van der Waals surface area contributed by atoms with Crippen molar-refractivity contribution in [2.75, 3.05) is 26.3 Å². The maximum absolute atomic E-state index is 14.9. The molecule has 2 fully saturated rings. The first kappa shape index (κ1) is 39.5. The molecule has 1 N–H and O–H groups in total. The van der Waals surface area contributed by atoms with Crippen molar-refractivity contribution in [1.29, 1.82) is 0 Å². The van der Waals surface area contributed by atoms with Gasteiger partial charge in [0.15, 0.2) is 5.60 Å². The van der Waals surface area contributed by atoms with Gasteiger partial charge in [-0.3, -0.25) is 9.69 Å². The number of carbonyl (C=O) groups is 2. The molecule has 2 aliphatic heterocycles. The van der Waals surface area contributed by atoms with Gasteiger partial charge in [0, 0.05) is 35.7 Å². The highest BCUT2D eigenvalue weighted by Gasteiger charge is 2.50. The zero-order valence-electron chi connectivity index (χ0n) is 28.7. The van der Waals surface area contributed by atoms with E-state index >= 15 is 0 Å². The number of amides is 2. The predicted octanol–water partition coefficient (Wildman–Crippen LogP) is 8.91. The Morgan fingerprint density at radius 2 is 1.53 bits per heavy atom. The van der Waals surface area contributed by atoms with Gasteiger partial charge in [-0.05, 0) is 98.7 Å². The number of aryl methyl sites for hydroxylation is 1. The quantitative estimate of drug-likeness (QED) is 0.154. The average Bonchev–Trinajstić information content (AvgIpc) is 3.91. The van der Waals surface area contributed by atoms with Crippen LogP contribution < -0.4 is 14.8 Å². The van der Waals surface area contributed by atoms with Crippen LogP contribution in [0.2, 0.25) is 0 Å². The lowest BCUT2D eigenvalue weighted by atomic mass is 9.82. The van der Waals surface area contributed by atoms with E-state index in [1.165, 1.54) is 0 Å². The Balaban J connectivity index is 0.00000504. The van der Waals surface area contributed by atoms with Crippen molar-refractivity contribution < 1.29 is 23.8 Å². The minimum absolute atomic E-state index is 0. The number of rotatable bonds is 11. The molecule has 51 heavy (non-hydrogen) atoms. The van der Waals surface area contributed by atoms with Crippen LogP contribution in [0, 0.1) is 6.92 Å². The Morgan fingerprint density at radius 3 is 2.12 bits per heavy atom. The van der Waals surface area contributed by atoms with E-state index in [0.717, 1.165) is 45.3 Å². The molecule has 1 unspecified atom stereocenters. The zero-order valence-corrected chi connectivity index (χ0v) is 33.3. The fraction of sp³-hybridized carbons (Fsp3) is 0.421. The molecule has 1 saturated heterocycles. The highest BCUT2D eigenvalue weighted by Crippen LogP contribution is 2.43. The van der Waals surface area contributed by atoms with Gasteiger partial charge in [0.2, 0.25) is 3.79 Å². The van der Waals surface area contributed by atoms with Gasteiger partial charge >= 0.3 is 6.09 Å². The summed E-state index contributed by atoms with van der Waals surface area (Å²) in [4.78, 5) is 32.5. The second kappa shape index (κ2) is 16.6. The van der Waals surface area contributed by atoms with Gasteiger partial charge in [-0.2, -0.15) is 0 Å². The number of benzene rings is 3. The molecule has 3 aromatic carbocycles. The van der Waals surface area contributed by atoms with Crippen molar-refractivity contribution in [3.05, 3.63) is 99.5 Å². The normalized spacial score (nSPS) is 18.8. The van der Waals surface area contributed by atoms with Crippen LogP contribution in [0.25, 0.3) is 5.57 Å². The average molecular weight is 842 g/mol. The van der Waals surface area contributed by atoms with E-state index < -0.39 is 21.5 Å². The molecule has 2 amide bonds. The number of carbonyl (C=O) groups excluding carboxylic acids is 2. The smallest absolute Gasteiger partial charge is 0.411 e. The molecule has 2 heterocycles. The standard InChI is InChI=1S/C38H41BrCl3N3O5.ClH/c1-24-6-4-5-7-26(24)23-44(28-12-13-28)35(46)34-32(20-29-21-43-22-33(34)45(29)36(47)50-37(2,3)38(40,41)42)25-8-14-30(15-9-25)48-18-19-49-31-16-10-27(39)11-17-31;/h4-11,14-17,28-29,33,43H,12-13,18-23H2,1-3H3;1H/t29?,33-;/m1./s1. The maximum Gasteiger partial charge on any atom is 0.411 e. The lowest BCUT2D eigenvalue weighted by Gasteiger charge is -2.48. The summed E-state index contributed by atoms with van der Waals surface area (Å²) >= 11 is 22.0. The van der Waals surface area contributed by atoms with Gasteiger partial charge in [0.05, 0.1) is 12.1 Å². The molecule has 3 aliphatic rings. The fourth-order valence-electron chi connectivity index (χ4n) is 6.43. The first-order valence-electron chi connectivity index (χ1n) is 16.8. The summed E-state index contributed by atoms with van der Waals surface area (Å²) in [6.07, 6.45) is 1.70. The van der Waals surface area contributed by atoms with E-state index in [1.54, 1.807) is 18.7 Å². The van der Waals surface area contributed by atoms with Crippen molar-refractivity contribution >= 4 is 80.7 Å². The molecule has 3 aromatic rings. The van der Waals surface area contributed by atoms with Crippen LogP contribution in [-0.2, 0) is 16.1 Å². The van der Waals surface area contributed by atoms with Gasteiger partial charge in [-0.25, -0.2) is 4.79 Å². The monoisotopic (exact) mass is 839 g/mol. The summed E-state index contributed by atoms with van der Waals surface area (Å²) in [5.41, 5.74) is 3.21. The van der Waals surface area contributed by atoms with E-state index in [2.05, 4.69) is 40.3 Å². The van der Waals surface area contributed by atoms with Gasteiger partial charge in [-0.15, -0.1) is 12.4 Å². The van der Waals surface area contributed by atoms with Crippen molar-refractivity contribution in [2.45, 2.75) is 74.1 Å². The molecule has 8 nitrogen and oxygen atoms in total. The second-order valence-electron chi connectivity index (χ2n) is 13.5. The number of piperazine rings is 1. The highest BCUT2D eigenvalue weighted by atomic mass is 79.9. The largest absolute Gasteiger partial charge is 0.490 e. The molecule has 1 aliphatic carbocycles. The van der Waals surface area contributed by atoms with Crippen molar-refractivity contribution in [3.8, 4) is 11.5 Å². The lowest BCUT2D eigenvalue weighted by Crippen LogP contribution is -2.64. The van der Waals surface area contributed by atoms with E-state index in [-0.39, 0.29) is 30.4 Å². The Kier molecular flexibility index (Phi) is 12.8. The maximum atomic E-state index is 14.9. The van der Waals surface area contributed by atoms with Crippen LogP contribution in [0.4, 0.5) is 4.79 Å². The summed E-state index contributed by atoms with van der Waals surface area (Å²) in [5, 5.41) is 3.45. The number of halogens is 5. The summed E-state index contributed by atoms with van der Waals surface area (Å²) < 4.78 is 16.8. The SMILES string of the molecule is Cc1ccccc1CN(C(=O)C1=C(c2ccc(OCCOc3ccc(Br)cc3)cc2)CC2CNC[C@H]1N2C(=O)OC(C)(C)C(Cl)(Cl)Cl)C1CC1.Cl. The van der Waals surface area contributed by atoms with Gasteiger partial charge in [0.1, 0.15) is 24.7 Å². The lowest BCUT2D eigenvalue weighted by molar-refractivity contribution is -0.129. The first-order chi connectivity index (χ1) is 23.8.